The molecule has 0 unspecified atom stereocenters. The molecule has 3 aromatic carbocycles. The maximum Gasteiger partial charge on any atom is 0.339 e. The van der Waals surface area contributed by atoms with Crippen LogP contribution in [0.2, 0.25) is 0 Å². The van der Waals surface area contributed by atoms with Crippen molar-refractivity contribution in [1.82, 2.24) is 0 Å². The van der Waals surface area contributed by atoms with Crippen LogP contribution in [-0.2, 0) is 22.6 Å². The molecule has 0 atom stereocenters. The van der Waals surface area contributed by atoms with Crippen molar-refractivity contribution in [2.24, 2.45) is 10.2 Å². The zero-order chi connectivity index (χ0) is 27.3. The van der Waals surface area contributed by atoms with Crippen LogP contribution in [0.25, 0.3) is 0 Å². The van der Waals surface area contributed by atoms with Gasteiger partial charge in [-0.2, -0.15) is 0 Å². The summed E-state index contributed by atoms with van der Waals surface area (Å²) in [6, 6.07) is 13.6. The second-order valence-electron chi connectivity index (χ2n) is 9.74. The Kier molecular flexibility index (Phi) is 8.98. The quantitative estimate of drug-likeness (QED) is 0.250. The Labute approximate surface area is 220 Å². The molecule has 0 aromatic heterocycles. The van der Waals surface area contributed by atoms with Gasteiger partial charge in [-0.25, -0.2) is 4.79 Å². The number of benzene rings is 3. The number of azo groups is 1. The Morgan fingerprint density at radius 2 is 1.54 bits per heavy atom. The second-order valence-corrected chi connectivity index (χ2v) is 9.74. The van der Waals surface area contributed by atoms with E-state index in [1.165, 1.54) is 18.1 Å². The summed E-state index contributed by atoms with van der Waals surface area (Å²) in [5.41, 5.74) is 9.21. The smallest absolute Gasteiger partial charge is 0.339 e. The van der Waals surface area contributed by atoms with Gasteiger partial charge in [0.25, 0.3) is 0 Å². The van der Waals surface area contributed by atoms with E-state index in [0.29, 0.717) is 22.9 Å². The molecule has 0 saturated carbocycles. The monoisotopic (exact) mass is 499 g/mol. The average Bonchev–Trinajstić information content (AvgIpc) is 2.87. The number of nitrogens with one attached hydrogen (secondary N) is 1. The molecule has 0 radical (unpaired) electrons. The van der Waals surface area contributed by atoms with E-state index in [4.69, 9.17) is 4.74 Å². The Balaban J connectivity index is 2.00. The standard InChI is InChI=1S/C31H37N3O3/c1-9-25-15-28(27(32-23(8)35)16-26(25)18(2)3)33-34-30-21(6)19(4)29(20(5)22(30)7)31(36)37-17-24-13-11-10-12-14-24/h10-16,18H,9,17H2,1-8H3,(H,32,35)/b34-33+. The Hall–Kier alpha value is -3.80. The zero-order valence-corrected chi connectivity index (χ0v) is 23.2. The third kappa shape index (κ3) is 6.31. The summed E-state index contributed by atoms with van der Waals surface area (Å²) < 4.78 is 5.63. The minimum Gasteiger partial charge on any atom is -0.457 e. The molecule has 6 nitrogen and oxygen atoms in total. The molecule has 0 aliphatic rings. The van der Waals surface area contributed by atoms with Crippen LogP contribution in [0, 0.1) is 27.7 Å². The first-order valence-electron chi connectivity index (χ1n) is 12.7. The first-order valence-corrected chi connectivity index (χ1v) is 12.7. The summed E-state index contributed by atoms with van der Waals surface area (Å²) in [5.74, 6) is -0.191. The van der Waals surface area contributed by atoms with Crippen molar-refractivity contribution in [3.63, 3.8) is 0 Å². The number of hydrogen-bond donors (Lipinski definition) is 1. The fraction of sp³-hybridized carbons (Fsp3) is 0.355. The van der Waals surface area contributed by atoms with Crippen LogP contribution in [0.3, 0.4) is 0 Å². The summed E-state index contributed by atoms with van der Waals surface area (Å²) in [7, 11) is 0. The summed E-state index contributed by atoms with van der Waals surface area (Å²) in [5, 5.41) is 12.1. The van der Waals surface area contributed by atoms with Gasteiger partial charge >= 0.3 is 5.97 Å². The lowest BCUT2D eigenvalue weighted by atomic mass is 9.92. The molecule has 0 aliphatic heterocycles. The lowest BCUT2D eigenvalue weighted by Gasteiger charge is -2.18. The fourth-order valence-corrected chi connectivity index (χ4v) is 4.51. The SMILES string of the molecule is CCc1cc(/N=N/c2c(C)c(C)c(C(=O)OCc3ccccc3)c(C)c2C)c(NC(C)=O)cc1C(C)C. The van der Waals surface area contributed by atoms with E-state index >= 15 is 0 Å². The predicted octanol–water partition coefficient (Wildman–Crippen LogP) is 8.34. The van der Waals surface area contributed by atoms with Gasteiger partial charge in [0.1, 0.15) is 12.3 Å². The average molecular weight is 500 g/mol. The largest absolute Gasteiger partial charge is 0.457 e. The number of ether oxygens (including phenoxy) is 1. The molecule has 3 rings (SSSR count). The molecule has 0 saturated heterocycles. The zero-order valence-electron chi connectivity index (χ0n) is 23.2. The van der Waals surface area contributed by atoms with Crippen LogP contribution in [0.1, 0.15) is 82.9 Å². The van der Waals surface area contributed by atoms with E-state index in [-0.39, 0.29) is 18.5 Å². The van der Waals surface area contributed by atoms with Crippen molar-refractivity contribution < 1.29 is 14.3 Å². The van der Waals surface area contributed by atoms with E-state index in [0.717, 1.165) is 39.9 Å². The third-order valence-electron chi connectivity index (χ3n) is 6.83. The highest BCUT2D eigenvalue weighted by Gasteiger charge is 2.21. The molecular formula is C31H37N3O3. The summed E-state index contributed by atoms with van der Waals surface area (Å²) in [4.78, 5) is 24.9. The van der Waals surface area contributed by atoms with E-state index in [2.05, 4.69) is 36.3 Å². The number of carbonyl (C=O) groups excluding carboxylic acids is 2. The highest BCUT2D eigenvalue weighted by atomic mass is 16.5. The summed E-state index contributed by atoms with van der Waals surface area (Å²) >= 11 is 0. The third-order valence-corrected chi connectivity index (χ3v) is 6.83. The number of rotatable bonds is 8. The van der Waals surface area contributed by atoms with Gasteiger partial charge in [-0.05, 0) is 91.1 Å². The van der Waals surface area contributed by atoms with Crippen LogP contribution in [0.4, 0.5) is 17.1 Å². The van der Waals surface area contributed by atoms with Crippen molar-refractivity contribution in [2.75, 3.05) is 5.32 Å². The first-order chi connectivity index (χ1) is 17.5. The summed E-state index contributed by atoms with van der Waals surface area (Å²) in [6.45, 7) is 15.8. The molecule has 194 valence electrons. The van der Waals surface area contributed by atoms with Crippen LogP contribution in [0.5, 0.6) is 0 Å². The van der Waals surface area contributed by atoms with Crippen LogP contribution < -0.4 is 5.32 Å². The molecule has 0 spiro atoms. The molecular weight excluding hydrogens is 462 g/mol. The lowest BCUT2D eigenvalue weighted by molar-refractivity contribution is -0.114. The van der Waals surface area contributed by atoms with E-state index < -0.39 is 0 Å². The predicted molar refractivity (Wildman–Crippen MR) is 149 cm³/mol. The van der Waals surface area contributed by atoms with Crippen molar-refractivity contribution in [3.8, 4) is 0 Å². The molecule has 1 N–H and O–H groups in total. The van der Waals surface area contributed by atoms with Gasteiger partial charge in [0.15, 0.2) is 0 Å². The minimum absolute atomic E-state index is 0.159. The maximum absolute atomic E-state index is 13.0. The lowest BCUT2D eigenvalue weighted by Crippen LogP contribution is -2.11. The van der Waals surface area contributed by atoms with Gasteiger partial charge in [0.05, 0.1) is 16.9 Å². The van der Waals surface area contributed by atoms with Crippen molar-refractivity contribution >= 4 is 28.9 Å². The molecule has 6 heteroatoms. The highest BCUT2D eigenvalue weighted by Crippen LogP contribution is 2.37. The van der Waals surface area contributed by atoms with Gasteiger partial charge in [-0.1, -0.05) is 51.1 Å². The minimum atomic E-state index is -0.349. The molecule has 1 amide bonds. The fourth-order valence-electron chi connectivity index (χ4n) is 4.51. The van der Waals surface area contributed by atoms with Crippen molar-refractivity contribution in [1.29, 1.82) is 0 Å². The number of carbonyl (C=O) groups is 2. The molecule has 37 heavy (non-hydrogen) atoms. The summed E-state index contributed by atoms with van der Waals surface area (Å²) in [6.07, 6.45) is 0.854. The van der Waals surface area contributed by atoms with Gasteiger partial charge in [0.2, 0.25) is 5.91 Å². The van der Waals surface area contributed by atoms with Crippen molar-refractivity contribution in [2.45, 2.75) is 74.3 Å². The number of esters is 1. The van der Waals surface area contributed by atoms with Crippen molar-refractivity contribution in [3.05, 3.63) is 87.0 Å². The molecule has 0 fully saturated rings. The molecule has 3 aromatic rings. The number of amides is 1. The normalized spacial score (nSPS) is 11.3. The van der Waals surface area contributed by atoms with Crippen LogP contribution in [-0.4, -0.2) is 11.9 Å². The highest BCUT2D eigenvalue weighted by molar-refractivity contribution is 5.95. The van der Waals surface area contributed by atoms with E-state index in [1.807, 2.05) is 70.2 Å². The number of nitrogens with zero attached hydrogens (tertiary/aromatic N) is 2. The Bertz CT molecular complexity index is 1310. The molecule has 0 aliphatic carbocycles. The first kappa shape index (κ1) is 27.8. The van der Waals surface area contributed by atoms with Crippen LogP contribution >= 0.6 is 0 Å². The Morgan fingerprint density at radius 1 is 0.919 bits per heavy atom. The number of hydrogen-bond acceptors (Lipinski definition) is 5. The van der Waals surface area contributed by atoms with Gasteiger partial charge < -0.3 is 10.1 Å². The van der Waals surface area contributed by atoms with E-state index in [9.17, 15) is 9.59 Å². The topological polar surface area (TPSA) is 80.1 Å². The molecule has 0 bridgehead atoms. The number of anilines is 1. The van der Waals surface area contributed by atoms with Crippen LogP contribution in [0.15, 0.2) is 52.7 Å². The van der Waals surface area contributed by atoms with E-state index in [1.54, 1.807) is 0 Å². The Morgan fingerprint density at radius 3 is 2.08 bits per heavy atom. The molecule has 0 heterocycles. The second kappa shape index (κ2) is 12.0. The number of aryl methyl sites for hydroxylation is 1. The maximum atomic E-state index is 13.0. The van der Waals surface area contributed by atoms with Gasteiger partial charge in [0, 0.05) is 6.92 Å². The van der Waals surface area contributed by atoms with Gasteiger partial charge in [-0.15, -0.1) is 10.2 Å². The van der Waals surface area contributed by atoms with Gasteiger partial charge in [-0.3, -0.25) is 4.79 Å².